The van der Waals surface area contributed by atoms with Crippen molar-refractivity contribution in [2.24, 2.45) is 0 Å². The zero-order chi connectivity index (χ0) is 15.2. The third-order valence-corrected chi connectivity index (χ3v) is 4.47. The molecule has 0 saturated carbocycles. The SMILES string of the molecule is CCCN(C(=O)CCc1ccc(Cl)cc1Cl)C1CCNC1.Cl. The summed E-state index contributed by atoms with van der Waals surface area (Å²) >= 11 is 12.1. The predicted molar refractivity (Wildman–Crippen MR) is 95.3 cm³/mol. The van der Waals surface area contributed by atoms with Crippen LogP contribution in [0.5, 0.6) is 0 Å². The first-order valence-electron chi connectivity index (χ1n) is 7.56. The van der Waals surface area contributed by atoms with E-state index in [0.29, 0.717) is 28.9 Å². The Labute approximate surface area is 148 Å². The fraction of sp³-hybridized carbons (Fsp3) is 0.562. The van der Waals surface area contributed by atoms with Crippen molar-refractivity contribution < 1.29 is 4.79 Å². The van der Waals surface area contributed by atoms with Gasteiger partial charge in [0.05, 0.1) is 0 Å². The van der Waals surface area contributed by atoms with Crippen LogP contribution >= 0.6 is 35.6 Å². The van der Waals surface area contributed by atoms with Crippen molar-refractivity contribution in [2.45, 2.75) is 38.6 Å². The third kappa shape index (κ3) is 5.31. The van der Waals surface area contributed by atoms with E-state index in [1.807, 2.05) is 17.0 Å². The lowest BCUT2D eigenvalue weighted by molar-refractivity contribution is -0.133. The summed E-state index contributed by atoms with van der Waals surface area (Å²) in [4.78, 5) is 14.5. The quantitative estimate of drug-likeness (QED) is 0.828. The van der Waals surface area contributed by atoms with Gasteiger partial charge in [-0.15, -0.1) is 12.4 Å². The van der Waals surface area contributed by atoms with Gasteiger partial charge in [0.15, 0.2) is 0 Å². The molecule has 2 rings (SSSR count). The highest BCUT2D eigenvalue weighted by molar-refractivity contribution is 6.35. The Morgan fingerprint density at radius 3 is 2.77 bits per heavy atom. The topological polar surface area (TPSA) is 32.3 Å². The van der Waals surface area contributed by atoms with E-state index in [9.17, 15) is 4.79 Å². The van der Waals surface area contributed by atoms with Gasteiger partial charge in [-0.2, -0.15) is 0 Å². The van der Waals surface area contributed by atoms with Crippen LogP contribution in [0.4, 0.5) is 0 Å². The fourth-order valence-corrected chi connectivity index (χ4v) is 3.27. The summed E-state index contributed by atoms with van der Waals surface area (Å²) in [6.07, 6.45) is 3.20. The number of carbonyl (C=O) groups excluding carboxylic acids is 1. The first-order chi connectivity index (χ1) is 10.1. The van der Waals surface area contributed by atoms with E-state index in [0.717, 1.165) is 38.0 Å². The molecule has 0 aromatic heterocycles. The van der Waals surface area contributed by atoms with E-state index >= 15 is 0 Å². The summed E-state index contributed by atoms with van der Waals surface area (Å²) in [5, 5.41) is 4.59. The van der Waals surface area contributed by atoms with Crippen LogP contribution in [0.2, 0.25) is 10.0 Å². The summed E-state index contributed by atoms with van der Waals surface area (Å²) in [6, 6.07) is 5.79. The maximum Gasteiger partial charge on any atom is 0.223 e. The van der Waals surface area contributed by atoms with Gasteiger partial charge in [0.2, 0.25) is 5.91 Å². The molecule has 6 heteroatoms. The number of benzene rings is 1. The Bertz CT molecular complexity index is 490. The average molecular weight is 366 g/mol. The zero-order valence-corrected chi connectivity index (χ0v) is 15.1. The summed E-state index contributed by atoms with van der Waals surface area (Å²) in [5.41, 5.74) is 0.982. The Balaban J connectivity index is 0.00000242. The van der Waals surface area contributed by atoms with Gasteiger partial charge in [0, 0.05) is 35.6 Å². The van der Waals surface area contributed by atoms with E-state index in [4.69, 9.17) is 23.2 Å². The second-order valence-electron chi connectivity index (χ2n) is 5.47. The minimum Gasteiger partial charge on any atom is -0.338 e. The van der Waals surface area contributed by atoms with Gasteiger partial charge in [0.1, 0.15) is 0 Å². The van der Waals surface area contributed by atoms with Gasteiger partial charge in [-0.05, 0) is 43.5 Å². The number of amides is 1. The molecule has 0 bridgehead atoms. The third-order valence-electron chi connectivity index (χ3n) is 3.88. The average Bonchev–Trinajstić information content (AvgIpc) is 2.97. The molecule has 1 heterocycles. The molecule has 1 atom stereocenters. The second-order valence-corrected chi connectivity index (χ2v) is 6.31. The molecule has 22 heavy (non-hydrogen) atoms. The van der Waals surface area contributed by atoms with Crippen LogP contribution in [0.15, 0.2) is 18.2 Å². The number of hydrogen-bond donors (Lipinski definition) is 1. The molecular formula is C16H23Cl3N2O. The van der Waals surface area contributed by atoms with E-state index in [1.165, 1.54) is 0 Å². The molecule has 0 aliphatic carbocycles. The lowest BCUT2D eigenvalue weighted by Crippen LogP contribution is -2.42. The first-order valence-corrected chi connectivity index (χ1v) is 8.31. The fourth-order valence-electron chi connectivity index (χ4n) is 2.77. The summed E-state index contributed by atoms with van der Waals surface area (Å²) in [7, 11) is 0. The molecule has 124 valence electrons. The van der Waals surface area contributed by atoms with Gasteiger partial charge in [0.25, 0.3) is 0 Å². The van der Waals surface area contributed by atoms with Gasteiger partial charge >= 0.3 is 0 Å². The minimum atomic E-state index is 0. The van der Waals surface area contributed by atoms with Gasteiger partial charge in [-0.25, -0.2) is 0 Å². The number of aryl methyl sites for hydroxylation is 1. The molecule has 0 spiro atoms. The van der Waals surface area contributed by atoms with Crippen LogP contribution in [0.3, 0.4) is 0 Å². The normalized spacial score (nSPS) is 17.1. The van der Waals surface area contributed by atoms with Crippen molar-refractivity contribution in [1.82, 2.24) is 10.2 Å². The van der Waals surface area contributed by atoms with Crippen LogP contribution in [0.1, 0.15) is 31.7 Å². The number of rotatable bonds is 6. The van der Waals surface area contributed by atoms with E-state index in [-0.39, 0.29) is 18.3 Å². The molecule has 1 aromatic rings. The lowest BCUT2D eigenvalue weighted by atomic mass is 10.1. The predicted octanol–water partition coefficient (Wildman–Crippen LogP) is 3.95. The lowest BCUT2D eigenvalue weighted by Gasteiger charge is -2.28. The molecule has 1 fully saturated rings. The smallest absolute Gasteiger partial charge is 0.223 e. The molecule has 1 amide bonds. The Morgan fingerprint density at radius 1 is 1.41 bits per heavy atom. The van der Waals surface area contributed by atoms with E-state index in [2.05, 4.69) is 12.2 Å². The number of halogens is 3. The highest BCUT2D eigenvalue weighted by atomic mass is 35.5. The van der Waals surface area contributed by atoms with E-state index in [1.54, 1.807) is 6.07 Å². The minimum absolute atomic E-state index is 0. The highest BCUT2D eigenvalue weighted by Crippen LogP contribution is 2.22. The number of nitrogens with zero attached hydrogens (tertiary/aromatic N) is 1. The van der Waals surface area contributed by atoms with Crippen LogP contribution < -0.4 is 5.32 Å². The monoisotopic (exact) mass is 364 g/mol. The molecule has 1 N–H and O–H groups in total. The maximum atomic E-state index is 12.5. The van der Waals surface area contributed by atoms with Gasteiger partial charge in [-0.3, -0.25) is 4.79 Å². The summed E-state index contributed by atoms with van der Waals surface area (Å²) in [6.45, 7) is 4.85. The summed E-state index contributed by atoms with van der Waals surface area (Å²) in [5.74, 6) is 0.219. The van der Waals surface area contributed by atoms with Crippen molar-refractivity contribution in [3.63, 3.8) is 0 Å². The van der Waals surface area contributed by atoms with Crippen molar-refractivity contribution >= 4 is 41.5 Å². The molecule has 1 unspecified atom stereocenters. The Kier molecular flexibility index (Phi) is 8.55. The molecule has 1 aliphatic heterocycles. The second kappa shape index (κ2) is 9.61. The Hall–Kier alpha value is -0.480. The zero-order valence-electron chi connectivity index (χ0n) is 12.8. The van der Waals surface area contributed by atoms with Crippen LogP contribution in [0.25, 0.3) is 0 Å². The molecule has 0 radical (unpaired) electrons. The summed E-state index contributed by atoms with van der Waals surface area (Å²) < 4.78 is 0. The largest absolute Gasteiger partial charge is 0.338 e. The number of nitrogens with one attached hydrogen (secondary N) is 1. The molecular weight excluding hydrogens is 343 g/mol. The number of hydrogen-bond acceptors (Lipinski definition) is 2. The van der Waals surface area contributed by atoms with Crippen molar-refractivity contribution in [2.75, 3.05) is 19.6 Å². The first kappa shape index (κ1) is 19.6. The highest BCUT2D eigenvalue weighted by Gasteiger charge is 2.25. The van der Waals surface area contributed by atoms with Crippen LogP contribution in [0, 0.1) is 0 Å². The van der Waals surface area contributed by atoms with Gasteiger partial charge < -0.3 is 10.2 Å². The molecule has 1 aromatic carbocycles. The standard InChI is InChI=1S/C16H22Cl2N2O.ClH/c1-2-9-20(14-7-8-19-11-14)16(21)6-4-12-3-5-13(17)10-15(12)18;/h3,5,10,14,19H,2,4,6-9,11H2,1H3;1H. The Morgan fingerprint density at radius 2 is 2.18 bits per heavy atom. The maximum absolute atomic E-state index is 12.5. The van der Waals surface area contributed by atoms with Crippen molar-refractivity contribution in [1.29, 1.82) is 0 Å². The van der Waals surface area contributed by atoms with Crippen LogP contribution in [-0.4, -0.2) is 36.5 Å². The van der Waals surface area contributed by atoms with E-state index < -0.39 is 0 Å². The molecule has 1 aliphatic rings. The molecule has 1 saturated heterocycles. The van der Waals surface area contributed by atoms with Crippen LogP contribution in [-0.2, 0) is 11.2 Å². The van der Waals surface area contributed by atoms with Crippen molar-refractivity contribution in [3.05, 3.63) is 33.8 Å². The molecule has 3 nitrogen and oxygen atoms in total. The van der Waals surface area contributed by atoms with Crippen molar-refractivity contribution in [3.8, 4) is 0 Å². The van der Waals surface area contributed by atoms with Gasteiger partial charge in [-0.1, -0.05) is 36.2 Å². The number of carbonyl (C=O) groups is 1.